The summed E-state index contributed by atoms with van der Waals surface area (Å²) < 4.78 is 35.1. The maximum Gasteiger partial charge on any atom is 0.240 e. The largest absolute Gasteiger partial charge is 0.495 e. The van der Waals surface area contributed by atoms with Gasteiger partial charge < -0.3 is 9.30 Å². The van der Waals surface area contributed by atoms with E-state index in [0.29, 0.717) is 17.9 Å². The van der Waals surface area contributed by atoms with Crippen LogP contribution in [0, 0.1) is 6.92 Å². The summed E-state index contributed by atoms with van der Waals surface area (Å²) >= 11 is 6.08. The summed E-state index contributed by atoms with van der Waals surface area (Å²) in [5, 5.41) is 0.233. The Hall–Kier alpha value is -2.94. The van der Waals surface area contributed by atoms with Gasteiger partial charge in [-0.1, -0.05) is 41.4 Å². The molecule has 2 heterocycles. The molecule has 4 rings (SSSR count). The fraction of sp³-hybridized carbons (Fsp3) is 0.182. The molecule has 0 radical (unpaired) electrons. The zero-order valence-electron chi connectivity index (χ0n) is 17.0. The number of nitrogens with one attached hydrogen (secondary N) is 1. The first-order chi connectivity index (χ1) is 14.9. The minimum absolute atomic E-state index is 0.0747. The van der Waals surface area contributed by atoms with Crippen molar-refractivity contribution in [2.75, 3.05) is 13.7 Å². The number of hydrogen-bond acceptors (Lipinski definition) is 5. The van der Waals surface area contributed by atoms with Crippen LogP contribution >= 0.6 is 11.6 Å². The number of benzene rings is 2. The smallest absolute Gasteiger partial charge is 0.240 e. The molecule has 1 N–H and O–H groups in total. The zero-order valence-corrected chi connectivity index (χ0v) is 18.6. The summed E-state index contributed by atoms with van der Waals surface area (Å²) in [5.41, 5.74) is 3.54. The molecule has 0 saturated carbocycles. The lowest BCUT2D eigenvalue weighted by molar-refractivity contribution is 0.414. The lowest BCUT2D eigenvalue weighted by Gasteiger charge is -2.11. The Morgan fingerprint density at radius 2 is 1.90 bits per heavy atom. The standard InChI is InChI=1S/C22H21ClN4O3S/c1-15-5-7-16(8-6-15)21-26-19-4-3-11-24-22(19)27(21)13-12-25-31(28,29)17-9-10-20(30-2)18(23)14-17/h3-11,14,25H,12-13H2,1-2H3. The Morgan fingerprint density at radius 1 is 1.13 bits per heavy atom. The molecular weight excluding hydrogens is 436 g/mol. The third kappa shape index (κ3) is 4.41. The van der Waals surface area contributed by atoms with Crippen LogP contribution in [0.1, 0.15) is 5.56 Å². The van der Waals surface area contributed by atoms with E-state index in [1.165, 1.54) is 25.3 Å². The van der Waals surface area contributed by atoms with E-state index in [4.69, 9.17) is 21.3 Å². The van der Waals surface area contributed by atoms with Gasteiger partial charge in [-0.3, -0.25) is 0 Å². The van der Waals surface area contributed by atoms with E-state index in [2.05, 4.69) is 9.71 Å². The number of ether oxygens (including phenoxy) is 1. The van der Waals surface area contributed by atoms with Crippen molar-refractivity contribution in [2.24, 2.45) is 0 Å². The quantitative estimate of drug-likeness (QED) is 0.453. The van der Waals surface area contributed by atoms with Gasteiger partial charge in [-0.15, -0.1) is 0 Å². The first kappa shape index (κ1) is 21.3. The van der Waals surface area contributed by atoms with Crippen LogP contribution in [0.15, 0.2) is 65.7 Å². The van der Waals surface area contributed by atoms with E-state index in [1.54, 1.807) is 6.20 Å². The number of pyridine rings is 1. The van der Waals surface area contributed by atoms with Gasteiger partial charge in [0.15, 0.2) is 5.65 Å². The average molecular weight is 457 g/mol. The first-order valence-electron chi connectivity index (χ1n) is 9.60. The molecule has 0 spiro atoms. The normalized spacial score (nSPS) is 11.7. The molecule has 0 amide bonds. The Labute approximate surface area is 185 Å². The number of halogens is 1. The van der Waals surface area contributed by atoms with Crippen LogP contribution in [0.5, 0.6) is 5.75 Å². The Morgan fingerprint density at radius 3 is 2.61 bits per heavy atom. The van der Waals surface area contributed by atoms with Crippen molar-refractivity contribution >= 4 is 32.8 Å². The fourth-order valence-electron chi connectivity index (χ4n) is 3.28. The minimum Gasteiger partial charge on any atom is -0.495 e. The second-order valence-electron chi connectivity index (χ2n) is 6.99. The van der Waals surface area contributed by atoms with Gasteiger partial charge in [-0.2, -0.15) is 0 Å². The van der Waals surface area contributed by atoms with Crippen molar-refractivity contribution in [2.45, 2.75) is 18.4 Å². The van der Waals surface area contributed by atoms with Crippen molar-refractivity contribution in [3.05, 3.63) is 71.4 Å². The highest BCUT2D eigenvalue weighted by molar-refractivity contribution is 7.89. The Kier molecular flexibility index (Phi) is 5.95. The summed E-state index contributed by atoms with van der Waals surface area (Å²) in [7, 11) is -2.27. The molecule has 0 aliphatic heterocycles. The number of fused-ring (bicyclic) bond motifs is 1. The van der Waals surface area contributed by atoms with Gasteiger partial charge in [0, 0.05) is 24.8 Å². The van der Waals surface area contributed by atoms with Crippen molar-refractivity contribution in [1.29, 1.82) is 0 Å². The molecule has 2 aromatic carbocycles. The summed E-state index contributed by atoms with van der Waals surface area (Å²) in [6.07, 6.45) is 1.70. The fourth-order valence-corrected chi connectivity index (χ4v) is 4.65. The SMILES string of the molecule is COc1ccc(S(=O)(=O)NCCn2c(-c3ccc(C)cc3)nc3cccnc32)cc1Cl. The zero-order chi connectivity index (χ0) is 22.0. The number of imidazole rings is 1. The summed E-state index contributed by atoms with van der Waals surface area (Å²) in [5.74, 6) is 1.15. The van der Waals surface area contributed by atoms with Gasteiger partial charge >= 0.3 is 0 Å². The van der Waals surface area contributed by atoms with Crippen LogP contribution < -0.4 is 9.46 Å². The molecule has 0 saturated heterocycles. The van der Waals surface area contributed by atoms with Gasteiger partial charge in [0.25, 0.3) is 0 Å². The number of methoxy groups -OCH3 is 1. The number of hydrogen-bond donors (Lipinski definition) is 1. The second-order valence-corrected chi connectivity index (χ2v) is 9.17. The molecule has 7 nitrogen and oxygen atoms in total. The highest BCUT2D eigenvalue weighted by atomic mass is 35.5. The third-order valence-corrected chi connectivity index (χ3v) is 6.63. The molecular formula is C22H21ClN4O3S. The lowest BCUT2D eigenvalue weighted by Crippen LogP contribution is -2.27. The summed E-state index contributed by atoms with van der Waals surface area (Å²) in [6, 6.07) is 16.1. The number of aromatic nitrogens is 3. The van der Waals surface area contributed by atoms with E-state index in [0.717, 1.165) is 22.5 Å². The Bertz CT molecular complexity index is 1330. The number of rotatable bonds is 7. The number of nitrogens with zero attached hydrogens (tertiary/aromatic N) is 3. The highest BCUT2D eigenvalue weighted by Crippen LogP contribution is 2.27. The van der Waals surface area contributed by atoms with Crippen LogP contribution in [-0.2, 0) is 16.6 Å². The maximum atomic E-state index is 12.7. The molecule has 2 aromatic heterocycles. The molecule has 0 bridgehead atoms. The van der Waals surface area contributed by atoms with E-state index in [-0.39, 0.29) is 16.5 Å². The number of sulfonamides is 1. The van der Waals surface area contributed by atoms with Crippen LogP contribution in [0.2, 0.25) is 5.02 Å². The lowest BCUT2D eigenvalue weighted by atomic mass is 10.1. The van der Waals surface area contributed by atoms with Crippen LogP contribution in [0.3, 0.4) is 0 Å². The van der Waals surface area contributed by atoms with Crippen LogP contribution in [0.25, 0.3) is 22.6 Å². The number of aryl methyl sites for hydroxylation is 1. The molecule has 4 aromatic rings. The predicted octanol–water partition coefficient (Wildman–Crippen LogP) is 4.05. The topological polar surface area (TPSA) is 86.1 Å². The molecule has 0 unspecified atom stereocenters. The van der Waals surface area contributed by atoms with Gasteiger partial charge in [0.1, 0.15) is 17.1 Å². The summed E-state index contributed by atoms with van der Waals surface area (Å²) in [6.45, 7) is 2.54. The predicted molar refractivity (Wildman–Crippen MR) is 121 cm³/mol. The maximum absolute atomic E-state index is 12.7. The van der Waals surface area contributed by atoms with Crippen molar-refractivity contribution in [3.8, 4) is 17.1 Å². The van der Waals surface area contributed by atoms with E-state index in [9.17, 15) is 8.42 Å². The first-order valence-corrected chi connectivity index (χ1v) is 11.5. The molecule has 0 aliphatic rings. The molecule has 0 atom stereocenters. The van der Waals surface area contributed by atoms with Crippen LogP contribution in [-0.4, -0.2) is 36.6 Å². The third-order valence-electron chi connectivity index (χ3n) is 4.87. The van der Waals surface area contributed by atoms with Crippen molar-refractivity contribution in [3.63, 3.8) is 0 Å². The molecule has 160 valence electrons. The van der Waals surface area contributed by atoms with Crippen molar-refractivity contribution < 1.29 is 13.2 Å². The van der Waals surface area contributed by atoms with E-state index in [1.807, 2.05) is 47.9 Å². The Balaban J connectivity index is 1.59. The van der Waals surface area contributed by atoms with E-state index < -0.39 is 10.0 Å². The summed E-state index contributed by atoms with van der Waals surface area (Å²) in [4.78, 5) is 9.22. The second kappa shape index (κ2) is 8.66. The molecule has 9 heteroatoms. The van der Waals surface area contributed by atoms with Crippen molar-refractivity contribution in [1.82, 2.24) is 19.3 Å². The van der Waals surface area contributed by atoms with Gasteiger partial charge in [0.2, 0.25) is 10.0 Å². The minimum atomic E-state index is -3.74. The molecule has 0 aliphatic carbocycles. The van der Waals surface area contributed by atoms with E-state index >= 15 is 0 Å². The van der Waals surface area contributed by atoms with Crippen LogP contribution in [0.4, 0.5) is 0 Å². The molecule has 0 fully saturated rings. The van der Waals surface area contributed by atoms with Gasteiger partial charge in [0.05, 0.1) is 17.0 Å². The average Bonchev–Trinajstić information content (AvgIpc) is 3.13. The van der Waals surface area contributed by atoms with Gasteiger partial charge in [-0.25, -0.2) is 23.1 Å². The molecule has 31 heavy (non-hydrogen) atoms. The highest BCUT2D eigenvalue weighted by Gasteiger charge is 2.18. The monoisotopic (exact) mass is 456 g/mol. The van der Waals surface area contributed by atoms with Gasteiger partial charge in [-0.05, 0) is 37.3 Å².